The first kappa shape index (κ1) is 16.7. The number of rotatable bonds is 6. The van der Waals surface area contributed by atoms with E-state index in [4.69, 9.17) is 16.0 Å². The number of benzene rings is 1. The third-order valence-corrected chi connectivity index (χ3v) is 7.17. The van der Waals surface area contributed by atoms with Crippen LogP contribution >= 0.6 is 22.9 Å². The Morgan fingerprint density at radius 3 is 2.76 bits per heavy atom. The predicted molar refractivity (Wildman–Crippen MR) is 95.1 cm³/mol. The van der Waals surface area contributed by atoms with Crippen molar-refractivity contribution in [3.05, 3.63) is 52.9 Å². The van der Waals surface area contributed by atoms with E-state index in [1.807, 2.05) is 6.07 Å². The molecule has 4 rings (SSSR count). The molecule has 25 heavy (non-hydrogen) atoms. The zero-order valence-electron chi connectivity index (χ0n) is 13.0. The van der Waals surface area contributed by atoms with Gasteiger partial charge in [-0.05, 0) is 36.6 Å². The predicted octanol–water partition coefficient (Wildman–Crippen LogP) is 3.81. The lowest BCUT2D eigenvalue weighted by Gasteiger charge is -2.06. The van der Waals surface area contributed by atoms with Gasteiger partial charge in [0, 0.05) is 17.5 Å². The van der Waals surface area contributed by atoms with E-state index in [9.17, 15) is 8.42 Å². The van der Waals surface area contributed by atoms with Crippen molar-refractivity contribution in [1.29, 1.82) is 0 Å². The average molecular weight is 396 g/mol. The molecule has 9 heteroatoms. The minimum atomic E-state index is -3.64. The second kappa shape index (κ2) is 6.53. The average Bonchev–Trinajstić information content (AvgIpc) is 3.12. The van der Waals surface area contributed by atoms with E-state index in [0.29, 0.717) is 27.6 Å². The Morgan fingerprint density at radius 2 is 2.00 bits per heavy atom. The van der Waals surface area contributed by atoms with E-state index in [1.54, 1.807) is 24.3 Å². The van der Waals surface area contributed by atoms with Crippen LogP contribution in [0.15, 0.2) is 45.0 Å². The van der Waals surface area contributed by atoms with Gasteiger partial charge >= 0.3 is 0 Å². The number of thiophene rings is 1. The molecule has 1 fully saturated rings. The Morgan fingerprint density at radius 1 is 1.20 bits per heavy atom. The van der Waals surface area contributed by atoms with Gasteiger partial charge in [-0.15, -0.1) is 21.5 Å². The standard InChI is InChI=1S/C16H14ClN3O3S2/c17-12-4-2-1-3-11(12)9-18-25(21,22)14-8-7-13(24-14)16-20-19-15(23-16)10-5-6-10/h1-4,7-8,10,18H,5-6,9H2. The molecule has 6 nitrogen and oxygen atoms in total. The van der Waals surface area contributed by atoms with Crippen LogP contribution in [0.4, 0.5) is 0 Å². The Hall–Kier alpha value is -1.74. The van der Waals surface area contributed by atoms with E-state index in [2.05, 4.69) is 14.9 Å². The summed E-state index contributed by atoms with van der Waals surface area (Å²) < 4.78 is 33.3. The molecule has 0 spiro atoms. The van der Waals surface area contributed by atoms with Crippen LogP contribution < -0.4 is 4.72 Å². The summed E-state index contributed by atoms with van der Waals surface area (Å²) in [5, 5.41) is 8.55. The van der Waals surface area contributed by atoms with Crippen molar-refractivity contribution in [3.63, 3.8) is 0 Å². The van der Waals surface area contributed by atoms with Crippen molar-refractivity contribution in [1.82, 2.24) is 14.9 Å². The van der Waals surface area contributed by atoms with Crippen LogP contribution in [0.2, 0.25) is 5.02 Å². The molecular formula is C16H14ClN3O3S2. The molecule has 0 atom stereocenters. The van der Waals surface area contributed by atoms with Crippen molar-refractivity contribution in [2.45, 2.75) is 29.5 Å². The van der Waals surface area contributed by atoms with Crippen LogP contribution in [-0.4, -0.2) is 18.6 Å². The third-order valence-electron chi connectivity index (χ3n) is 3.83. The van der Waals surface area contributed by atoms with Crippen LogP contribution in [0.25, 0.3) is 10.8 Å². The molecule has 3 aromatic rings. The summed E-state index contributed by atoms with van der Waals surface area (Å²) in [6, 6.07) is 10.3. The first-order valence-electron chi connectivity index (χ1n) is 7.69. The van der Waals surface area contributed by atoms with Gasteiger partial charge in [0.05, 0.1) is 4.88 Å². The number of nitrogens with one attached hydrogen (secondary N) is 1. The molecule has 1 aromatic carbocycles. The number of halogens is 1. The van der Waals surface area contributed by atoms with Crippen molar-refractivity contribution < 1.29 is 12.8 Å². The Bertz CT molecular complexity index is 1010. The third kappa shape index (κ3) is 3.62. The molecule has 1 aliphatic carbocycles. The minimum absolute atomic E-state index is 0.127. The number of nitrogens with zero attached hydrogens (tertiary/aromatic N) is 2. The molecule has 0 unspecified atom stereocenters. The van der Waals surface area contributed by atoms with Gasteiger partial charge in [0.1, 0.15) is 4.21 Å². The number of sulfonamides is 1. The van der Waals surface area contributed by atoms with Gasteiger partial charge in [-0.2, -0.15) is 0 Å². The molecule has 1 aliphatic rings. The van der Waals surface area contributed by atoms with Crippen LogP contribution in [0.5, 0.6) is 0 Å². The number of hydrogen-bond acceptors (Lipinski definition) is 6. The monoisotopic (exact) mass is 395 g/mol. The highest BCUT2D eigenvalue weighted by Gasteiger charge is 2.30. The van der Waals surface area contributed by atoms with Gasteiger partial charge in [-0.3, -0.25) is 0 Å². The fourth-order valence-electron chi connectivity index (χ4n) is 2.29. The number of aromatic nitrogens is 2. The Kier molecular flexibility index (Phi) is 4.36. The molecule has 2 aromatic heterocycles. The maximum atomic E-state index is 12.5. The lowest BCUT2D eigenvalue weighted by molar-refractivity contribution is 0.509. The maximum absolute atomic E-state index is 12.5. The summed E-state index contributed by atoms with van der Waals surface area (Å²) in [5.74, 6) is 1.35. The molecule has 0 amide bonds. The van der Waals surface area contributed by atoms with Crippen molar-refractivity contribution in [3.8, 4) is 10.8 Å². The summed E-state index contributed by atoms with van der Waals surface area (Å²) in [7, 11) is -3.64. The summed E-state index contributed by atoms with van der Waals surface area (Å²) in [4.78, 5) is 0.637. The lowest BCUT2D eigenvalue weighted by atomic mass is 10.2. The van der Waals surface area contributed by atoms with Gasteiger partial charge < -0.3 is 4.42 Å². The van der Waals surface area contributed by atoms with E-state index < -0.39 is 10.0 Å². The molecule has 1 N–H and O–H groups in total. The molecule has 1 saturated carbocycles. The summed E-state index contributed by atoms with van der Waals surface area (Å²) in [6.45, 7) is 0.127. The normalized spacial score (nSPS) is 14.8. The lowest BCUT2D eigenvalue weighted by Crippen LogP contribution is -2.22. The van der Waals surface area contributed by atoms with Gasteiger partial charge in [-0.1, -0.05) is 29.8 Å². The summed E-state index contributed by atoms with van der Waals surface area (Å²) >= 11 is 7.15. The quantitative estimate of drug-likeness (QED) is 0.686. The first-order valence-corrected chi connectivity index (χ1v) is 10.4. The van der Waals surface area contributed by atoms with E-state index in [-0.39, 0.29) is 10.8 Å². The first-order chi connectivity index (χ1) is 12.0. The Balaban J connectivity index is 1.50. The molecule has 2 heterocycles. The summed E-state index contributed by atoms with van der Waals surface area (Å²) in [5.41, 5.74) is 0.718. The summed E-state index contributed by atoms with van der Waals surface area (Å²) in [6.07, 6.45) is 2.13. The minimum Gasteiger partial charge on any atom is -0.420 e. The van der Waals surface area contributed by atoms with E-state index in [1.165, 1.54) is 6.07 Å². The molecule has 0 bridgehead atoms. The van der Waals surface area contributed by atoms with Crippen LogP contribution in [0, 0.1) is 0 Å². The second-order valence-corrected chi connectivity index (χ2v) is 9.24. The molecular weight excluding hydrogens is 382 g/mol. The smallest absolute Gasteiger partial charge is 0.257 e. The van der Waals surface area contributed by atoms with Gasteiger partial charge in [-0.25, -0.2) is 13.1 Å². The highest BCUT2D eigenvalue weighted by atomic mass is 35.5. The Labute approximate surface area is 153 Å². The van der Waals surface area contributed by atoms with Crippen LogP contribution in [0.1, 0.15) is 30.2 Å². The molecule has 0 radical (unpaired) electrons. The second-order valence-electron chi connectivity index (χ2n) is 5.75. The zero-order chi connectivity index (χ0) is 17.4. The molecule has 130 valence electrons. The SMILES string of the molecule is O=S(=O)(NCc1ccccc1Cl)c1ccc(-c2nnc(C3CC3)o2)s1. The van der Waals surface area contributed by atoms with Crippen LogP contribution in [-0.2, 0) is 16.6 Å². The maximum Gasteiger partial charge on any atom is 0.257 e. The van der Waals surface area contributed by atoms with Gasteiger partial charge in [0.25, 0.3) is 5.89 Å². The fourth-order valence-corrected chi connectivity index (χ4v) is 4.78. The fraction of sp³-hybridized carbons (Fsp3) is 0.250. The molecule has 0 saturated heterocycles. The van der Waals surface area contributed by atoms with Crippen LogP contribution in [0.3, 0.4) is 0 Å². The van der Waals surface area contributed by atoms with Gasteiger partial charge in [0.2, 0.25) is 15.9 Å². The van der Waals surface area contributed by atoms with Gasteiger partial charge in [0.15, 0.2) is 0 Å². The van der Waals surface area contributed by atoms with E-state index in [0.717, 1.165) is 29.7 Å². The highest BCUT2D eigenvalue weighted by molar-refractivity contribution is 7.91. The topological polar surface area (TPSA) is 85.1 Å². The largest absolute Gasteiger partial charge is 0.420 e. The van der Waals surface area contributed by atoms with E-state index >= 15 is 0 Å². The zero-order valence-corrected chi connectivity index (χ0v) is 15.4. The van der Waals surface area contributed by atoms with Crippen molar-refractivity contribution in [2.75, 3.05) is 0 Å². The van der Waals surface area contributed by atoms with Crippen molar-refractivity contribution >= 4 is 33.0 Å². The highest BCUT2D eigenvalue weighted by Crippen LogP contribution is 2.40. The van der Waals surface area contributed by atoms with Crippen molar-refractivity contribution in [2.24, 2.45) is 0 Å². The number of hydrogen-bond donors (Lipinski definition) is 1. The molecule has 0 aliphatic heterocycles.